The van der Waals surface area contributed by atoms with Crippen molar-refractivity contribution >= 4 is 21.8 Å². The zero-order valence-electron chi connectivity index (χ0n) is 13.3. The van der Waals surface area contributed by atoms with E-state index in [1.165, 1.54) is 21.8 Å². The molecule has 1 heterocycles. The van der Waals surface area contributed by atoms with E-state index < -0.39 is 0 Å². The van der Waals surface area contributed by atoms with Crippen LogP contribution < -0.4 is 0 Å². The Bertz CT molecular complexity index is 688. The van der Waals surface area contributed by atoms with Crippen molar-refractivity contribution in [2.45, 2.75) is 33.1 Å². The van der Waals surface area contributed by atoms with Crippen molar-refractivity contribution < 1.29 is 9.47 Å². The van der Waals surface area contributed by atoms with E-state index in [0.717, 1.165) is 13.0 Å². The largest absolute Gasteiger partial charge is 0.353 e. The molecule has 0 saturated heterocycles. The smallest absolute Gasteiger partial charge is 0.159 e. The Morgan fingerprint density at radius 2 is 1.32 bits per heavy atom. The van der Waals surface area contributed by atoms with Crippen molar-refractivity contribution in [1.29, 1.82) is 0 Å². The van der Waals surface area contributed by atoms with Crippen LogP contribution in [0.5, 0.6) is 0 Å². The van der Waals surface area contributed by atoms with Gasteiger partial charge in [-0.1, -0.05) is 36.4 Å². The maximum Gasteiger partial charge on any atom is 0.159 e. The van der Waals surface area contributed by atoms with Crippen molar-refractivity contribution in [3.8, 4) is 0 Å². The molecule has 0 radical (unpaired) electrons. The molecule has 0 amide bonds. The minimum absolute atomic E-state index is 0.130. The first kappa shape index (κ1) is 15.1. The van der Waals surface area contributed by atoms with E-state index in [1.807, 2.05) is 13.8 Å². The zero-order valence-corrected chi connectivity index (χ0v) is 13.3. The maximum absolute atomic E-state index is 5.67. The minimum Gasteiger partial charge on any atom is -0.353 e. The van der Waals surface area contributed by atoms with Crippen LogP contribution in [-0.2, 0) is 16.0 Å². The van der Waals surface area contributed by atoms with E-state index in [9.17, 15) is 0 Å². The molecule has 3 nitrogen and oxygen atoms in total. The number of hydrogen-bond donors (Lipinski definition) is 0. The molecule has 0 N–H and O–H groups in total. The first-order valence-electron chi connectivity index (χ1n) is 8.04. The van der Waals surface area contributed by atoms with Gasteiger partial charge < -0.3 is 14.0 Å². The third kappa shape index (κ3) is 2.87. The molecule has 0 saturated carbocycles. The summed E-state index contributed by atoms with van der Waals surface area (Å²) < 4.78 is 13.7. The van der Waals surface area contributed by atoms with Gasteiger partial charge >= 0.3 is 0 Å². The lowest BCUT2D eigenvalue weighted by molar-refractivity contribution is -0.140. The number of aromatic nitrogens is 1. The fourth-order valence-electron chi connectivity index (χ4n) is 3.07. The van der Waals surface area contributed by atoms with Crippen molar-refractivity contribution in [3.63, 3.8) is 0 Å². The molecule has 2 aromatic carbocycles. The number of benzene rings is 2. The van der Waals surface area contributed by atoms with E-state index in [-0.39, 0.29) is 6.29 Å². The SMILES string of the molecule is CCOC(CCn1c2ccccc2c2ccccc21)OCC. The second-order valence-corrected chi connectivity index (χ2v) is 5.31. The quantitative estimate of drug-likeness (QED) is 0.596. The average molecular weight is 297 g/mol. The van der Waals surface area contributed by atoms with Gasteiger partial charge in [0.15, 0.2) is 6.29 Å². The Morgan fingerprint density at radius 3 is 1.82 bits per heavy atom. The molecular weight excluding hydrogens is 274 g/mol. The minimum atomic E-state index is -0.130. The number of hydrogen-bond acceptors (Lipinski definition) is 2. The van der Waals surface area contributed by atoms with Crippen LogP contribution in [0.1, 0.15) is 20.3 Å². The van der Waals surface area contributed by atoms with Gasteiger partial charge in [0.1, 0.15) is 0 Å². The van der Waals surface area contributed by atoms with Crippen LogP contribution in [0.15, 0.2) is 48.5 Å². The van der Waals surface area contributed by atoms with Crippen molar-refractivity contribution in [1.82, 2.24) is 4.57 Å². The van der Waals surface area contributed by atoms with Crippen LogP contribution >= 0.6 is 0 Å². The van der Waals surface area contributed by atoms with Crippen LogP contribution in [0.2, 0.25) is 0 Å². The lowest BCUT2D eigenvalue weighted by Crippen LogP contribution is -2.19. The lowest BCUT2D eigenvalue weighted by atomic mass is 10.2. The van der Waals surface area contributed by atoms with E-state index >= 15 is 0 Å². The molecule has 0 aliphatic heterocycles. The molecule has 116 valence electrons. The molecule has 0 aliphatic rings. The van der Waals surface area contributed by atoms with Gasteiger partial charge in [-0.15, -0.1) is 0 Å². The number of ether oxygens (including phenoxy) is 2. The number of para-hydroxylation sites is 2. The van der Waals surface area contributed by atoms with E-state index in [1.54, 1.807) is 0 Å². The van der Waals surface area contributed by atoms with Gasteiger partial charge in [0.25, 0.3) is 0 Å². The number of aryl methyl sites for hydroxylation is 1. The highest BCUT2D eigenvalue weighted by Gasteiger charge is 2.12. The van der Waals surface area contributed by atoms with Gasteiger partial charge in [0, 0.05) is 48.0 Å². The first-order chi connectivity index (χ1) is 10.8. The monoisotopic (exact) mass is 297 g/mol. The Balaban J connectivity index is 1.94. The van der Waals surface area contributed by atoms with Gasteiger partial charge in [-0.2, -0.15) is 0 Å². The number of nitrogens with zero attached hydrogens (tertiary/aromatic N) is 1. The van der Waals surface area contributed by atoms with Crippen LogP contribution in [-0.4, -0.2) is 24.1 Å². The number of rotatable bonds is 7. The van der Waals surface area contributed by atoms with Gasteiger partial charge in [0.05, 0.1) is 0 Å². The molecule has 0 fully saturated rings. The molecule has 0 atom stereocenters. The molecule has 0 aliphatic carbocycles. The summed E-state index contributed by atoms with van der Waals surface area (Å²) in [5.74, 6) is 0. The summed E-state index contributed by atoms with van der Waals surface area (Å²) in [5.41, 5.74) is 2.55. The highest BCUT2D eigenvalue weighted by Crippen LogP contribution is 2.29. The first-order valence-corrected chi connectivity index (χ1v) is 8.04. The standard InChI is InChI=1S/C19H23NO2/c1-3-21-19(22-4-2)13-14-20-17-11-7-5-9-15(17)16-10-6-8-12-18(16)20/h5-12,19H,3-4,13-14H2,1-2H3. The Labute approximate surface area is 131 Å². The maximum atomic E-state index is 5.67. The normalized spacial score (nSPS) is 11.8. The van der Waals surface area contributed by atoms with E-state index in [2.05, 4.69) is 53.1 Å². The summed E-state index contributed by atoms with van der Waals surface area (Å²) >= 11 is 0. The molecule has 0 spiro atoms. The van der Waals surface area contributed by atoms with Gasteiger partial charge in [-0.25, -0.2) is 0 Å². The summed E-state index contributed by atoms with van der Waals surface area (Å²) in [6.45, 7) is 6.26. The van der Waals surface area contributed by atoms with Crippen LogP contribution in [0, 0.1) is 0 Å². The second kappa shape index (κ2) is 6.95. The predicted molar refractivity (Wildman–Crippen MR) is 91.1 cm³/mol. The summed E-state index contributed by atoms with van der Waals surface area (Å²) in [6.07, 6.45) is 0.722. The fraction of sp³-hybridized carbons (Fsp3) is 0.368. The Kier molecular flexibility index (Phi) is 4.76. The van der Waals surface area contributed by atoms with Crippen molar-refractivity contribution in [2.75, 3.05) is 13.2 Å². The topological polar surface area (TPSA) is 23.4 Å². The molecule has 1 aromatic heterocycles. The van der Waals surface area contributed by atoms with E-state index in [4.69, 9.17) is 9.47 Å². The highest BCUT2D eigenvalue weighted by molar-refractivity contribution is 6.07. The van der Waals surface area contributed by atoms with Gasteiger partial charge in [-0.05, 0) is 26.0 Å². The van der Waals surface area contributed by atoms with Crippen LogP contribution in [0.4, 0.5) is 0 Å². The van der Waals surface area contributed by atoms with Crippen LogP contribution in [0.3, 0.4) is 0 Å². The summed E-state index contributed by atoms with van der Waals surface area (Å²) in [6, 6.07) is 17.1. The molecule has 0 unspecified atom stereocenters. The lowest BCUT2D eigenvalue weighted by Gasteiger charge is -2.17. The molecule has 3 aromatic rings. The Morgan fingerprint density at radius 1 is 0.818 bits per heavy atom. The molecule has 3 rings (SSSR count). The van der Waals surface area contributed by atoms with Gasteiger partial charge in [0.2, 0.25) is 0 Å². The number of fused-ring (bicyclic) bond motifs is 3. The third-order valence-electron chi connectivity index (χ3n) is 3.97. The summed E-state index contributed by atoms with van der Waals surface area (Å²) in [4.78, 5) is 0. The van der Waals surface area contributed by atoms with Gasteiger partial charge in [-0.3, -0.25) is 0 Å². The van der Waals surface area contributed by atoms with E-state index in [0.29, 0.717) is 13.2 Å². The second-order valence-electron chi connectivity index (χ2n) is 5.31. The van der Waals surface area contributed by atoms with Crippen molar-refractivity contribution in [2.24, 2.45) is 0 Å². The van der Waals surface area contributed by atoms with Crippen molar-refractivity contribution in [3.05, 3.63) is 48.5 Å². The average Bonchev–Trinajstić information content (AvgIpc) is 2.87. The Hall–Kier alpha value is -1.84. The molecular formula is C19H23NO2. The summed E-state index contributed by atoms with van der Waals surface area (Å²) in [5, 5.41) is 2.62. The molecule has 3 heteroatoms. The van der Waals surface area contributed by atoms with Crippen LogP contribution in [0.25, 0.3) is 21.8 Å². The highest BCUT2D eigenvalue weighted by atomic mass is 16.7. The zero-order chi connectivity index (χ0) is 15.4. The third-order valence-corrected chi connectivity index (χ3v) is 3.97. The molecule has 22 heavy (non-hydrogen) atoms. The fourth-order valence-corrected chi connectivity index (χ4v) is 3.07. The molecule has 0 bridgehead atoms. The summed E-state index contributed by atoms with van der Waals surface area (Å²) in [7, 11) is 0. The predicted octanol–water partition coefficient (Wildman–Crippen LogP) is 4.58.